The van der Waals surface area contributed by atoms with Crippen LogP contribution in [0.3, 0.4) is 0 Å². The van der Waals surface area contributed by atoms with Crippen LogP contribution in [0, 0.1) is 12.3 Å². The van der Waals surface area contributed by atoms with E-state index >= 15 is 0 Å². The van der Waals surface area contributed by atoms with E-state index in [2.05, 4.69) is 4.98 Å². The number of hydrogen-bond donors (Lipinski definition) is 3. The van der Waals surface area contributed by atoms with Gasteiger partial charge in [-0.05, 0) is 18.6 Å². The fraction of sp³-hybridized carbons (Fsp3) is 0.125. The summed E-state index contributed by atoms with van der Waals surface area (Å²) in [6, 6.07) is 1.44. The number of hydrogen-bond acceptors (Lipinski definition) is 3. The molecule has 1 aromatic heterocycles. The molecule has 1 heterocycles. The van der Waals surface area contributed by atoms with Crippen LogP contribution in [0.15, 0.2) is 12.3 Å². The van der Waals surface area contributed by atoms with Crippen molar-refractivity contribution in [2.75, 3.05) is 0 Å². The molecule has 13 heavy (non-hydrogen) atoms. The fourth-order valence-electron chi connectivity index (χ4n) is 0.947. The van der Waals surface area contributed by atoms with Gasteiger partial charge in [-0.1, -0.05) is 0 Å². The second kappa shape index (κ2) is 3.22. The molecule has 5 heteroatoms. The average Bonchev–Trinajstić information content (AvgIpc) is 2.03. The average molecular weight is 179 g/mol. The number of rotatable bonds is 2. The highest BCUT2D eigenvalue weighted by Gasteiger charge is 2.13. The lowest BCUT2D eigenvalue weighted by Crippen LogP contribution is -2.18. The molecule has 0 spiro atoms. The Labute approximate surface area is 74.7 Å². The molecular weight excluding hydrogens is 170 g/mol. The number of aryl methyl sites for hydroxylation is 1. The van der Waals surface area contributed by atoms with E-state index in [-0.39, 0.29) is 17.1 Å². The van der Waals surface area contributed by atoms with E-state index in [0.717, 1.165) is 5.56 Å². The lowest BCUT2D eigenvalue weighted by molar-refractivity contribution is 0.0696. The van der Waals surface area contributed by atoms with Gasteiger partial charge in [0, 0.05) is 6.20 Å². The van der Waals surface area contributed by atoms with Crippen LogP contribution in [0.25, 0.3) is 0 Å². The lowest BCUT2D eigenvalue weighted by Gasteiger charge is -2.03. The molecule has 0 aliphatic carbocycles. The predicted molar refractivity (Wildman–Crippen MR) is 46.9 cm³/mol. The summed E-state index contributed by atoms with van der Waals surface area (Å²) in [7, 11) is 0. The first-order chi connectivity index (χ1) is 6.02. The highest BCUT2D eigenvalue weighted by Crippen LogP contribution is 2.07. The van der Waals surface area contributed by atoms with Gasteiger partial charge in [-0.25, -0.2) is 4.79 Å². The molecule has 1 aromatic rings. The topological polar surface area (TPSA) is 100 Å². The lowest BCUT2D eigenvalue weighted by atomic mass is 10.1. The molecule has 68 valence electrons. The Balaban J connectivity index is 3.35. The van der Waals surface area contributed by atoms with Gasteiger partial charge in [-0.3, -0.25) is 10.4 Å². The van der Waals surface area contributed by atoms with Gasteiger partial charge in [0.05, 0.1) is 5.56 Å². The summed E-state index contributed by atoms with van der Waals surface area (Å²) in [5, 5.41) is 15.8. The molecule has 0 fully saturated rings. The van der Waals surface area contributed by atoms with Gasteiger partial charge < -0.3 is 10.8 Å². The van der Waals surface area contributed by atoms with Gasteiger partial charge >= 0.3 is 5.97 Å². The minimum Gasteiger partial charge on any atom is -0.478 e. The number of nitrogens with two attached hydrogens (primary N) is 1. The molecule has 0 atom stereocenters. The predicted octanol–water partition coefficient (Wildman–Crippen LogP) is 0.372. The van der Waals surface area contributed by atoms with Crippen molar-refractivity contribution in [3.8, 4) is 0 Å². The second-order valence-corrected chi connectivity index (χ2v) is 2.63. The first-order valence-corrected chi connectivity index (χ1v) is 3.56. The van der Waals surface area contributed by atoms with Crippen molar-refractivity contribution in [2.45, 2.75) is 6.92 Å². The molecule has 0 amide bonds. The number of aromatic carboxylic acids is 1. The Morgan fingerprint density at radius 2 is 2.31 bits per heavy atom. The van der Waals surface area contributed by atoms with Crippen LogP contribution in [0.5, 0.6) is 0 Å². The van der Waals surface area contributed by atoms with Crippen molar-refractivity contribution in [1.82, 2.24) is 4.98 Å². The molecule has 0 aliphatic heterocycles. The minimum atomic E-state index is -1.12. The van der Waals surface area contributed by atoms with Crippen LogP contribution in [0.1, 0.15) is 21.6 Å². The van der Waals surface area contributed by atoms with Gasteiger partial charge in [0.1, 0.15) is 11.5 Å². The second-order valence-electron chi connectivity index (χ2n) is 2.63. The van der Waals surface area contributed by atoms with Crippen molar-refractivity contribution >= 4 is 11.8 Å². The summed E-state index contributed by atoms with van der Waals surface area (Å²) in [4.78, 5) is 14.5. The van der Waals surface area contributed by atoms with Gasteiger partial charge in [-0.15, -0.1) is 0 Å². The summed E-state index contributed by atoms with van der Waals surface area (Å²) in [5.41, 5.74) is 5.86. The van der Waals surface area contributed by atoms with Crippen molar-refractivity contribution in [3.05, 3.63) is 29.1 Å². The number of aromatic nitrogens is 1. The summed E-state index contributed by atoms with van der Waals surface area (Å²) in [6.07, 6.45) is 1.48. The van der Waals surface area contributed by atoms with Crippen molar-refractivity contribution < 1.29 is 9.90 Å². The summed E-state index contributed by atoms with van der Waals surface area (Å²) >= 11 is 0. The maximum atomic E-state index is 10.7. The molecule has 5 nitrogen and oxygen atoms in total. The Morgan fingerprint density at radius 1 is 1.69 bits per heavy atom. The normalized spacial score (nSPS) is 9.62. The van der Waals surface area contributed by atoms with E-state index in [0.29, 0.717) is 0 Å². The standard InChI is InChI=1S/C8H9N3O2/c1-4-2-5(8(12)13)6(7(9)10)11-3-4/h2-3H,1H3,(H3,9,10)(H,12,13). The number of amidine groups is 1. The number of carbonyl (C=O) groups is 1. The Bertz CT molecular complexity index is 374. The number of nitrogens with one attached hydrogen (secondary N) is 1. The summed E-state index contributed by atoms with van der Waals surface area (Å²) in [5.74, 6) is -1.46. The molecule has 0 saturated heterocycles. The highest BCUT2D eigenvalue weighted by molar-refractivity contribution is 6.03. The van der Waals surface area contributed by atoms with Gasteiger partial charge in [0.25, 0.3) is 0 Å². The van der Waals surface area contributed by atoms with E-state index in [9.17, 15) is 4.79 Å². The van der Waals surface area contributed by atoms with Crippen molar-refractivity contribution in [1.29, 1.82) is 5.41 Å². The van der Waals surface area contributed by atoms with E-state index < -0.39 is 5.97 Å². The van der Waals surface area contributed by atoms with Gasteiger partial charge in [0.15, 0.2) is 0 Å². The third kappa shape index (κ3) is 1.81. The number of carboxylic acids is 1. The maximum absolute atomic E-state index is 10.7. The SMILES string of the molecule is Cc1cnc(C(=N)N)c(C(=O)O)c1. The van der Waals surface area contributed by atoms with Crippen molar-refractivity contribution in [3.63, 3.8) is 0 Å². The summed E-state index contributed by atoms with van der Waals surface area (Å²) < 4.78 is 0. The van der Waals surface area contributed by atoms with Crippen LogP contribution in [0.4, 0.5) is 0 Å². The molecular formula is C8H9N3O2. The Morgan fingerprint density at radius 3 is 2.77 bits per heavy atom. The largest absolute Gasteiger partial charge is 0.478 e. The molecule has 0 radical (unpaired) electrons. The van der Waals surface area contributed by atoms with E-state index in [1.54, 1.807) is 6.92 Å². The third-order valence-electron chi connectivity index (χ3n) is 1.51. The molecule has 0 aliphatic rings. The number of nitrogen functional groups attached to an aromatic ring is 1. The first-order valence-electron chi connectivity index (χ1n) is 3.56. The Hall–Kier alpha value is -1.91. The maximum Gasteiger partial charge on any atom is 0.338 e. The van der Waals surface area contributed by atoms with Crippen LogP contribution in [-0.2, 0) is 0 Å². The quantitative estimate of drug-likeness (QED) is 0.451. The Kier molecular flexibility index (Phi) is 2.27. The minimum absolute atomic E-state index is 0.0121. The van der Waals surface area contributed by atoms with E-state index in [1.165, 1.54) is 12.3 Å². The van der Waals surface area contributed by atoms with Crippen LogP contribution < -0.4 is 5.73 Å². The van der Waals surface area contributed by atoms with E-state index in [1.807, 2.05) is 0 Å². The molecule has 0 bridgehead atoms. The molecule has 0 unspecified atom stereocenters. The van der Waals surface area contributed by atoms with E-state index in [4.69, 9.17) is 16.2 Å². The van der Waals surface area contributed by atoms with Gasteiger partial charge in [-0.2, -0.15) is 0 Å². The zero-order chi connectivity index (χ0) is 10.0. The molecule has 0 saturated carbocycles. The van der Waals surface area contributed by atoms with Crippen LogP contribution in [-0.4, -0.2) is 21.9 Å². The zero-order valence-electron chi connectivity index (χ0n) is 7.03. The molecule has 4 N–H and O–H groups in total. The number of nitrogens with zero attached hydrogens (tertiary/aromatic N) is 1. The number of carboxylic acid groups (broad SMARTS) is 1. The molecule has 1 rings (SSSR count). The first kappa shape index (κ1) is 9.18. The zero-order valence-corrected chi connectivity index (χ0v) is 7.03. The molecule has 0 aromatic carbocycles. The third-order valence-corrected chi connectivity index (χ3v) is 1.51. The highest BCUT2D eigenvalue weighted by atomic mass is 16.4. The number of pyridine rings is 1. The van der Waals surface area contributed by atoms with Crippen LogP contribution in [0.2, 0.25) is 0 Å². The summed E-state index contributed by atoms with van der Waals surface area (Å²) in [6.45, 7) is 1.73. The monoisotopic (exact) mass is 179 g/mol. The fourth-order valence-corrected chi connectivity index (χ4v) is 0.947. The van der Waals surface area contributed by atoms with Crippen LogP contribution >= 0.6 is 0 Å². The van der Waals surface area contributed by atoms with Gasteiger partial charge in [0.2, 0.25) is 0 Å². The van der Waals surface area contributed by atoms with Crippen molar-refractivity contribution in [2.24, 2.45) is 5.73 Å². The smallest absolute Gasteiger partial charge is 0.338 e.